The van der Waals surface area contributed by atoms with Crippen molar-refractivity contribution in [1.29, 1.82) is 0 Å². The summed E-state index contributed by atoms with van der Waals surface area (Å²) in [6, 6.07) is 14.4. The molecule has 1 aliphatic carbocycles. The van der Waals surface area contributed by atoms with Gasteiger partial charge in [0.05, 0.1) is 34.6 Å². The molecule has 0 saturated heterocycles. The van der Waals surface area contributed by atoms with Gasteiger partial charge in [0.1, 0.15) is 17.8 Å². The lowest BCUT2D eigenvalue weighted by Gasteiger charge is -2.25. The Morgan fingerprint density at radius 3 is 2.60 bits per heavy atom. The highest BCUT2D eigenvalue weighted by Gasteiger charge is 2.25. The number of carbonyl (C=O) groups is 3. The summed E-state index contributed by atoms with van der Waals surface area (Å²) in [6.07, 6.45) is 9.51. The molecule has 1 atom stereocenters. The van der Waals surface area contributed by atoms with Crippen molar-refractivity contribution < 1.29 is 28.6 Å². The first-order chi connectivity index (χ1) is 21.8. The van der Waals surface area contributed by atoms with E-state index in [0.717, 1.165) is 40.8 Å². The number of carboxylic acids is 1. The lowest BCUT2D eigenvalue weighted by molar-refractivity contribution is -0.139. The van der Waals surface area contributed by atoms with Crippen LogP contribution in [0.3, 0.4) is 0 Å². The molecule has 1 saturated carbocycles. The maximum absolute atomic E-state index is 13.7. The number of rotatable bonds is 11. The number of amides is 2. The van der Waals surface area contributed by atoms with E-state index < -0.39 is 18.6 Å². The molecule has 12 heteroatoms. The number of thiazole rings is 1. The van der Waals surface area contributed by atoms with E-state index in [-0.39, 0.29) is 11.8 Å². The first kappa shape index (κ1) is 30.1. The summed E-state index contributed by atoms with van der Waals surface area (Å²) in [6.45, 7) is 0.980. The number of nitrogens with one attached hydrogen (secondary N) is 2. The summed E-state index contributed by atoms with van der Waals surface area (Å²) in [4.78, 5) is 45.7. The number of carbonyl (C=O) groups excluding carboxylic acids is 2. The number of hydrogen-bond donors (Lipinski definition) is 3. The Morgan fingerprint density at radius 1 is 1.09 bits per heavy atom. The van der Waals surface area contributed by atoms with Crippen molar-refractivity contribution in [2.45, 2.75) is 57.5 Å². The third-order valence-corrected chi connectivity index (χ3v) is 8.64. The zero-order chi connectivity index (χ0) is 31.3. The first-order valence-corrected chi connectivity index (χ1v) is 15.7. The molecule has 1 fully saturated rings. The Labute approximate surface area is 263 Å². The van der Waals surface area contributed by atoms with E-state index in [4.69, 9.17) is 19.2 Å². The lowest BCUT2D eigenvalue weighted by Crippen LogP contribution is -2.30. The Kier molecular flexibility index (Phi) is 8.92. The number of hydrogen-bond acceptors (Lipinski definition) is 8. The molecule has 5 aromatic rings. The van der Waals surface area contributed by atoms with E-state index in [9.17, 15) is 14.4 Å². The molecule has 1 aliphatic rings. The number of fused-ring (bicyclic) bond motifs is 1. The molecule has 0 bridgehead atoms. The van der Waals surface area contributed by atoms with Crippen LogP contribution in [0.15, 0.2) is 70.9 Å². The van der Waals surface area contributed by atoms with Gasteiger partial charge < -0.3 is 29.5 Å². The molecule has 0 spiro atoms. The van der Waals surface area contributed by atoms with Crippen LogP contribution in [0.4, 0.5) is 5.13 Å². The van der Waals surface area contributed by atoms with Crippen molar-refractivity contribution in [3.63, 3.8) is 0 Å². The number of nitrogens with zero attached hydrogens (tertiary/aromatic N) is 3. The fourth-order valence-electron chi connectivity index (χ4n) is 5.77. The largest absolute Gasteiger partial charge is 0.482 e. The number of aromatic nitrogens is 3. The molecule has 3 heterocycles. The second-order valence-corrected chi connectivity index (χ2v) is 12.0. The minimum absolute atomic E-state index is 0.232. The molecular formula is C33H33N5O6S. The third kappa shape index (κ3) is 7.07. The molecule has 3 aromatic heterocycles. The fraction of sp³-hybridized carbons (Fsp3) is 0.303. The lowest BCUT2D eigenvalue weighted by atomic mass is 9.95. The average molecular weight is 628 g/mol. The molecule has 0 radical (unpaired) electrons. The van der Waals surface area contributed by atoms with Gasteiger partial charge >= 0.3 is 5.97 Å². The monoisotopic (exact) mass is 627 g/mol. The maximum Gasteiger partial charge on any atom is 0.341 e. The zero-order valence-corrected chi connectivity index (χ0v) is 25.5. The zero-order valence-electron chi connectivity index (χ0n) is 24.7. The van der Waals surface area contributed by atoms with E-state index >= 15 is 0 Å². The molecule has 3 N–H and O–H groups in total. The first-order valence-electron chi connectivity index (χ1n) is 14.9. The summed E-state index contributed by atoms with van der Waals surface area (Å²) in [5.41, 5.74) is 4.57. The van der Waals surface area contributed by atoms with Gasteiger partial charge in [0.25, 0.3) is 5.91 Å². The van der Waals surface area contributed by atoms with Crippen LogP contribution in [0.1, 0.15) is 72.7 Å². The normalized spacial score (nSPS) is 14.2. The van der Waals surface area contributed by atoms with Gasteiger partial charge in [0.15, 0.2) is 11.7 Å². The van der Waals surface area contributed by atoms with Crippen LogP contribution in [0.2, 0.25) is 0 Å². The molecule has 11 nitrogen and oxygen atoms in total. The van der Waals surface area contributed by atoms with Gasteiger partial charge in [-0.2, -0.15) is 0 Å². The van der Waals surface area contributed by atoms with Gasteiger partial charge in [-0.25, -0.2) is 14.8 Å². The third-order valence-electron chi connectivity index (χ3n) is 7.86. The van der Waals surface area contributed by atoms with Gasteiger partial charge in [-0.05, 0) is 61.2 Å². The minimum atomic E-state index is -1.06. The van der Waals surface area contributed by atoms with E-state index in [1.807, 2.05) is 41.8 Å². The molecule has 0 aliphatic heterocycles. The Hall–Kier alpha value is -4.97. The number of anilines is 1. The molecule has 0 unspecified atom stereocenters. The molecule has 2 amide bonds. The number of imidazole rings is 1. The Bertz CT molecular complexity index is 1800. The van der Waals surface area contributed by atoms with E-state index in [1.165, 1.54) is 37.5 Å². The molecule has 6 rings (SSSR count). The summed E-state index contributed by atoms with van der Waals surface area (Å²) in [7, 11) is 0. The fourth-order valence-corrected chi connectivity index (χ4v) is 6.58. The van der Waals surface area contributed by atoms with Crippen molar-refractivity contribution in [2.24, 2.45) is 0 Å². The number of ether oxygens (including phenoxy) is 1. The number of furan rings is 1. The van der Waals surface area contributed by atoms with Crippen molar-refractivity contribution in [3.05, 3.63) is 83.3 Å². The van der Waals surface area contributed by atoms with Gasteiger partial charge in [0.2, 0.25) is 5.91 Å². The van der Waals surface area contributed by atoms with E-state index in [0.29, 0.717) is 34.6 Å². The summed E-state index contributed by atoms with van der Waals surface area (Å²) < 4.78 is 12.9. The molecule has 45 heavy (non-hydrogen) atoms. The molecule has 2 aromatic carbocycles. The van der Waals surface area contributed by atoms with Gasteiger partial charge in [0, 0.05) is 23.9 Å². The standard InChI is InChI=1S/C33H33N5O6S/c1-20(39)34-33-37-28(19-45-33)26(15-21-7-10-25(11-8-21)44-18-30(40)41)36-32(42)22-9-12-29-27(16-22)35-31(23-13-14-43-17-23)38(29)24-5-3-2-4-6-24/h7-14,16-17,19,24,26H,2-6,15,18H2,1H3,(H,36,42)(H,40,41)(H,34,37,39)/t26-/m0/s1. The highest BCUT2D eigenvalue weighted by Crippen LogP contribution is 2.36. The average Bonchev–Trinajstić information content (AvgIpc) is 3.80. The number of aliphatic carboxylic acids is 1. The summed E-state index contributed by atoms with van der Waals surface area (Å²) in [5, 5.41) is 17.0. The smallest absolute Gasteiger partial charge is 0.341 e. The highest BCUT2D eigenvalue weighted by molar-refractivity contribution is 7.13. The molecule has 232 valence electrons. The van der Waals surface area contributed by atoms with Crippen molar-refractivity contribution in [3.8, 4) is 17.1 Å². The number of carboxylic acid groups (broad SMARTS) is 1. The quantitative estimate of drug-likeness (QED) is 0.152. The number of benzene rings is 2. The van der Waals surface area contributed by atoms with Crippen LogP contribution < -0.4 is 15.4 Å². The minimum Gasteiger partial charge on any atom is -0.482 e. The van der Waals surface area contributed by atoms with Crippen molar-refractivity contribution >= 4 is 45.3 Å². The van der Waals surface area contributed by atoms with Crippen LogP contribution in [-0.2, 0) is 16.0 Å². The predicted octanol–water partition coefficient (Wildman–Crippen LogP) is 6.39. The second-order valence-electron chi connectivity index (χ2n) is 11.1. The van der Waals surface area contributed by atoms with Gasteiger partial charge in [-0.15, -0.1) is 11.3 Å². The van der Waals surface area contributed by atoms with Crippen molar-refractivity contribution in [2.75, 3.05) is 11.9 Å². The Morgan fingerprint density at radius 2 is 1.89 bits per heavy atom. The molecular weight excluding hydrogens is 594 g/mol. The topological polar surface area (TPSA) is 149 Å². The van der Waals surface area contributed by atoms with Gasteiger partial charge in [-0.1, -0.05) is 31.4 Å². The van der Waals surface area contributed by atoms with Crippen LogP contribution in [0, 0.1) is 0 Å². The van der Waals surface area contributed by atoms with Crippen LogP contribution in [-0.4, -0.2) is 44.0 Å². The van der Waals surface area contributed by atoms with E-state index in [2.05, 4.69) is 20.2 Å². The van der Waals surface area contributed by atoms with Gasteiger partial charge in [-0.3, -0.25) is 9.59 Å². The SMILES string of the molecule is CC(=O)Nc1nc([C@H](Cc2ccc(OCC(=O)O)cc2)NC(=O)c2ccc3c(c2)nc(-c2ccoc2)n3C2CCCCC2)cs1. The van der Waals surface area contributed by atoms with Crippen LogP contribution in [0.5, 0.6) is 5.75 Å². The maximum atomic E-state index is 13.7. The summed E-state index contributed by atoms with van der Waals surface area (Å²) in [5.74, 6) is -0.306. The predicted molar refractivity (Wildman–Crippen MR) is 169 cm³/mol. The highest BCUT2D eigenvalue weighted by atomic mass is 32.1. The second kappa shape index (κ2) is 13.3. The van der Waals surface area contributed by atoms with Crippen LogP contribution >= 0.6 is 11.3 Å². The Balaban J connectivity index is 1.28. The van der Waals surface area contributed by atoms with E-state index in [1.54, 1.807) is 24.7 Å². The van der Waals surface area contributed by atoms with Crippen molar-refractivity contribution in [1.82, 2.24) is 19.9 Å². The summed E-state index contributed by atoms with van der Waals surface area (Å²) >= 11 is 1.28. The van der Waals surface area contributed by atoms with Crippen LogP contribution in [0.25, 0.3) is 22.4 Å².